The second-order valence-corrected chi connectivity index (χ2v) is 9.26. The van der Waals surface area contributed by atoms with Crippen molar-refractivity contribution in [2.45, 2.75) is 0 Å². The predicted molar refractivity (Wildman–Crippen MR) is 129 cm³/mol. The molecule has 0 aromatic heterocycles. The van der Waals surface area contributed by atoms with Gasteiger partial charge in [0.25, 0.3) is 5.91 Å². The van der Waals surface area contributed by atoms with Crippen molar-refractivity contribution in [3.8, 4) is 5.75 Å². The van der Waals surface area contributed by atoms with Gasteiger partial charge in [0.1, 0.15) is 5.75 Å². The Hall–Kier alpha value is -1.53. The zero-order valence-electron chi connectivity index (χ0n) is 14.7. The fraction of sp³-hybridized carbons (Fsp3) is 0.0556. The number of thiocarbonyl (C=S) groups is 1. The zero-order chi connectivity index (χ0) is 21.1. The molecule has 150 valence electrons. The number of rotatable bonds is 4. The van der Waals surface area contributed by atoms with Gasteiger partial charge in [-0.2, -0.15) is 5.01 Å². The Morgan fingerprint density at radius 2 is 2.00 bits per heavy atom. The smallest absolute Gasteiger partial charge is 0.338 e. The summed E-state index contributed by atoms with van der Waals surface area (Å²) in [7, 11) is 1.59. The predicted octanol–water partition coefficient (Wildman–Crippen LogP) is 5.54. The maximum Gasteiger partial charge on any atom is 0.338 e. The molecule has 6 nitrogen and oxygen atoms in total. The molecule has 0 bridgehead atoms. The topological polar surface area (TPSA) is 70.7 Å². The van der Waals surface area contributed by atoms with Crippen molar-refractivity contribution < 1.29 is 14.3 Å². The lowest BCUT2D eigenvalue weighted by Crippen LogP contribution is -2.46. The van der Waals surface area contributed by atoms with E-state index < -0.39 is 11.9 Å². The van der Waals surface area contributed by atoms with Crippen molar-refractivity contribution in [2.75, 3.05) is 12.4 Å². The number of hydrazine groups is 1. The Kier molecular flexibility index (Phi) is 7.28. The number of carbonyl (C=O) groups is 2. The van der Waals surface area contributed by atoms with E-state index in [9.17, 15) is 9.59 Å². The number of methoxy groups -OCH3 is 1. The average Bonchev–Trinajstić information content (AvgIpc) is 2.92. The van der Waals surface area contributed by atoms with Crippen LogP contribution < -0.4 is 15.5 Å². The van der Waals surface area contributed by atoms with Crippen LogP contribution in [-0.4, -0.2) is 28.4 Å². The summed E-state index contributed by atoms with van der Waals surface area (Å²) in [5, 5.41) is 4.26. The van der Waals surface area contributed by atoms with Crippen LogP contribution in [0.5, 0.6) is 5.75 Å². The summed E-state index contributed by atoms with van der Waals surface area (Å²) in [5.74, 6) is 0.325. The first kappa shape index (κ1) is 22.2. The largest absolute Gasteiger partial charge is 0.496 e. The highest BCUT2D eigenvalue weighted by molar-refractivity contribution is 14.1. The molecule has 11 heteroatoms. The van der Waals surface area contributed by atoms with Crippen molar-refractivity contribution in [3.63, 3.8) is 0 Å². The zero-order valence-corrected chi connectivity index (χ0v) is 20.0. The van der Waals surface area contributed by atoms with E-state index in [0.29, 0.717) is 20.6 Å². The van der Waals surface area contributed by atoms with Gasteiger partial charge < -0.3 is 10.1 Å². The molecule has 2 N–H and O–H groups in total. The van der Waals surface area contributed by atoms with Gasteiger partial charge in [0.15, 0.2) is 4.32 Å². The van der Waals surface area contributed by atoms with Crippen molar-refractivity contribution in [1.29, 1.82) is 0 Å². The lowest BCUT2D eigenvalue weighted by molar-refractivity contribution is -0.123. The van der Waals surface area contributed by atoms with E-state index in [0.717, 1.165) is 31.7 Å². The van der Waals surface area contributed by atoms with Gasteiger partial charge in [0, 0.05) is 5.69 Å². The summed E-state index contributed by atoms with van der Waals surface area (Å²) in [5.41, 5.74) is 3.68. The van der Waals surface area contributed by atoms with Gasteiger partial charge >= 0.3 is 6.03 Å². The van der Waals surface area contributed by atoms with E-state index in [-0.39, 0.29) is 4.32 Å². The first-order chi connectivity index (χ1) is 13.8. The van der Waals surface area contributed by atoms with Gasteiger partial charge in [-0.3, -0.25) is 4.79 Å². The van der Waals surface area contributed by atoms with E-state index in [1.165, 1.54) is 6.07 Å². The van der Waals surface area contributed by atoms with Gasteiger partial charge in [0.05, 0.1) is 25.6 Å². The lowest BCUT2D eigenvalue weighted by Gasteiger charge is -2.16. The Labute approximate surface area is 200 Å². The van der Waals surface area contributed by atoms with E-state index in [1.807, 2.05) is 18.2 Å². The molecule has 0 aliphatic carbocycles. The fourth-order valence-corrected chi connectivity index (χ4v) is 4.56. The third-order valence-corrected chi connectivity index (χ3v) is 6.54. The maximum absolute atomic E-state index is 12.7. The number of hydrogen-bond donors (Lipinski definition) is 2. The molecule has 0 atom stereocenters. The van der Waals surface area contributed by atoms with E-state index in [2.05, 4.69) is 33.3 Å². The quantitative estimate of drug-likeness (QED) is 0.282. The molecule has 1 heterocycles. The second kappa shape index (κ2) is 9.52. The molecule has 0 saturated carbocycles. The molecule has 29 heavy (non-hydrogen) atoms. The molecular weight excluding hydrogens is 568 g/mol. The molecule has 1 aliphatic heterocycles. The van der Waals surface area contributed by atoms with Crippen molar-refractivity contribution >= 4 is 97.8 Å². The minimum atomic E-state index is -0.639. The van der Waals surface area contributed by atoms with Crippen LogP contribution >= 0.6 is 69.8 Å². The lowest BCUT2D eigenvalue weighted by atomic mass is 10.2. The number of thioether (sulfide) groups is 1. The van der Waals surface area contributed by atoms with E-state index in [4.69, 9.17) is 40.2 Å². The van der Waals surface area contributed by atoms with Crippen LogP contribution in [0.4, 0.5) is 10.5 Å². The first-order valence-corrected chi connectivity index (χ1v) is 11.0. The highest BCUT2D eigenvalue weighted by Crippen LogP contribution is 2.32. The number of hydrogen-bond acceptors (Lipinski definition) is 5. The number of halogens is 3. The Morgan fingerprint density at radius 3 is 2.66 bits per heavy atom. The molecule has 1 saturated heterocycles. The third-order valence-electron chi connectivity index (χ3n) is 3.66. The SMILES string of the molecule is COc1ccc(/C=C2\SC(=S)N(NC(=O)Nc3ccc(Cl)c(Cl)c3)C2=O)cc1I. The third kappa shape index (κ3) is 5.34. The molecule has 2 aromatic rings. The van der Waals surface area contributed by atoms with Crippen LogP contribution in [0.25, 0.3) is 6.08 Å². The van der Waals surface area contributed by atoms with Gasteiger partial charge in [-0.25, -0.2) is 10.2 Å². The molecule has 0 radical (unpaired) electrons. The monoisotopic (exact) mass is 579 g/mol. The van der Waals surface area contributed by atoms with Crippen molar-refractivity contribution in [2.24, 2.45) is 0 Å². The van der Waals surface area contributed by atoms with E-state index in [1.54, 1.807) is 25.3 Å². The average molecular weight is 580 g/mol. The number of amides is 3. The Bertz CT molecular complexity index is 1050. The summed E-state index contributed by atoms with van der Waals surface area (Å²) in [6, 6.07) is 9.53. The molecule has 2 aromatic carbocycles. The van der Waals surface area contributed by atoms with Gasteiger partial charge in [-0.05, 0) is 76.8 Å². The number of nitrogens with one attached hydrogen (secondary N) is 2. The molecular formula is C18H12Cl2IN3O3S2. The number of benzene rings is 2. The first-order valence-electron chi connectivity index (χ1n) is 7.92. The van der Waals surface area contributed by atoms with Crippen molar-refractivity contribution in [3.05, 3.63) is 60.5 Å². The van der Waals surface area contributed by atoms with Crippen LogP contribution in [0.15, 0.2) is 41.3 Å². The number of anilines is 1. The summed E-state index contributed by atoms with van der Waals surface area (Å²) < 4.78 is 6.36. The highest BCUT2D eigenvalue weighted by atomic mass is 127. The number of ether oxygens (including phenoxy) is 1. The summed E-state index contributed by atoms with van der Waals surface area (Å²) in [6.07, 6.45) is 1.71. The van der Waals surface area contributed by atoms with Gasteiger partial charge in [-0.15, -0.1) is 0 Å². The van der Waals surface area contributed by atoms with Crippen LogP contribution in [-0.2, 0) is 4.79 Å². The van der Waals surface area contributed by atoms with Gasteiger partial charge in [0.2, 0.25) is 0 Å². The number of carbonyl (C=O) groups excluding carboxylic acids is 2. The van der Waals surface area contributed by atoms with E-state index >= 15 is 0 Å². The van der Waals surface area contributed by atoms with Crippen molar-refractivity contribution in [1.82, 2.24) is 10.4 Å². The van der Waals surface area contributed by atoms with Crippen LogP contribution in [0.1, 0.15) is 5.56 Å². The molecule has 1 fully saturated rings. The summed E-state index contributed by atoms with van der Waals surface area (Å²) >= 11 is 20.3. The minimum Gasteiger partial charge on any atom is -0.496 e. The second-order valence-electron chi connectivity index (χ2n) is 5.61. The van der Waals surface area contributed by atoms with Crippen LogP contribution in [0, 0.1) is 3.57 Å². The maximum atomic E-state index is 12.7. The van der Waals surface area contributed by atoms with Crippen LogP contribution in [0.2, 0.25) is 10.0 Å². The Morgan fingerprint density at radius 1 is 1.24 bits per heavy atom. The minimum absolute atomic E-state index is 0.216. The highest BCUT2D eigenvalue weighted by Gasteiger charge is 2.33. The fourth-order valence-electron chi connectivity index (χ4n) is 2.32. The van der Waals surface area contributed by atoms with Gasteiger partial charge in [-0.1, -0.05) is 41.0 Å². The molecule has 3 rings (SSSR count). The molecule has 3 amide bonds. The summed E-state index contributed by atoms with van der Waals surface area (Å²) in [6.45, 7) is 0. The normalized spacial score (nSPS) is 15.0. The van der Waals surface area contributed by atoms with Crippen LogP contribution in [0.3, 0.4) is 0 Å². The summed E-state index contributed by atoms with van der Waals surface area (Å²) in [4.78, 5) is 25.3. The Balaban J connectivity index is 1.70. The molecule has 0 unspecified atom stereocenters. The number of nitrogens with zero attached hydrogens (tertiary/aromatic N) is 1. The molecule has 0 spiro atoms. The standard InChI is InChI=1S/C18H12Cl2IN3O3S2/c1-27-14-5-2-9(6-13(14)21)7-15-16(25)24(18(28)29-15)23-17(26)22-10-3-4-11(19)12(20)8-10/h2-8H,1H3,(H2,22,23,26)/b15-7-. The number of urea groups is 1. The molecule has 1 aliphatic rings.